The molecule has 8 nitrogen and oxygen atoms in total. The molecular weight excluding hydrogens is 232 g/mol. The highest BCUT2D eigenvalue weighted by atomic mass is 16.4. The summed E-state index contributed by atoms with van der Waals surface area (Å²) in [5.41, 5.74) is 0. The number of carboxylic acid groups (broad SMARTS) is 3. The molecule has 0 fully saturated rings. The van der Waals surface area contributed by atoms with Crippen LogP contribution in [-0.4, -0.2) is 50.5 Å². The number of nitrogens with zero attached hydrogens (tertiary/aromatic N) is 2. The van der Waals surface area contributed by atoms with Gasteiger partial charge in [-0.05, 0) is 12.1 Å². The third kappa shape index (κ3) is 2.97. The summed E-state index contributed by atoms with van der Waals surface area (Å²) in [6.45, 7) is -0.738. The Hall–Kier alpha value is -2.51. The Morgan fingerprint density at radius 2 is 1.53 bits per heavy atom. The maximum absolute atomic E-state index is 10.8. The van der Waals surface area contributed by atoms with Crippen LogP contribution in [0.2, 0.25) is 0 Å². The van der Waals surface area contributed by atoms with Crippen molar-refractivity contribution in [1.82, 2.24) is 4.68 Å². The summed E-state index contributed by atoms with van der Waals surface area (Å²) < 4.78 is 1.11. The van der Waals surface area contributed by atoms with Gasteiger partial charge >= 0.3 is 17.9 Å². The van der Waals surface area contributed by atoms with Crippen molar-refractivity contribution in [1.29, 1.82) is 0 Å². The lowest BCUT2D eigenvalue weighted by Crippen LogP contribution is -2.54. The van der Waals surface area contributed by atoms with Gasteiger partial charge in [0.1, 0.15) is 6.54 Å². The van der Waals surface area contributed by atoms with E-state index in [-0.39, 0.29) is 0 Å². The fourth-order valence-corrected chi connectivity index (χ4v) is 1.30. The van der Waals surface area contributed by atoms with Crippen LogP contribution in [0, 0.1) is 0 Å². The lowest BCUT2D eigenvalue weighted by Gasteiger charge is -2.27. The zero-order valence-electron chi connectivity index (χ0n) is 8.55. The summed E-state index contributed by atoms with van der Waals surface area (Å²) in [6.07, 6.45) is 2.73. The molecular formula is C9H10N2O6. The Kier molecular flexibility index (Phi) is 3.70. The van der Waals surface area contributed by atoms with Gasteiger partial charge in [-0.2, -0.15) is 0 Å². The minimum atomic E-state index is -1.96. The summed E-state index contributed by atoms with van der Waals surface area (Å²) in [7, 11) is 0. The first-order valence-electron chi connectivity index (χ1n) is 4.50. The van der Waals surface area contributed by atoms with Gasteiger partial charge in [-0.15, -0.1) is 0 Å². The average Bonchev–Trinajstić information content (AvgIpc) is 2.66. The maximum Gasteiger partial charge on any atom is 0.339 e. The van der Waals surface area contributed by atoms with Gasteiger partial charge in [-0.1, -0.05) is 0 Å². The van der Waals surface area contributed by atoms with Crippen LogP contribution in [0.4, 0.5) is 0 Å². The third-order valence-electron chi connectivity index (χ3n) is 1.95. The van der Waals surface area contributed by atoms with Crippen LogP contribution >= 0.6 is 0 Å². The minimum Gasteiger partial charge on any atom is -0.480 e. The third-order valence-corrected chi connectivity index (χ3v) is 1.95. The van der Waals surface area contributed by atoms with Crippen LogP contribution < -0.4 is 5.01 Å². The lowest BCUT2D eigenvalue weighted by molar-refractivity contribution is -0.150. The number of hydrogen-bond acceptors (Lipinski definition) is 4. The normalized spacial score (nSPS) is 10.2. The number of aromatic nitrogens is 1. The lowest BCUT2D eigenvalue weighted by atomic mass is 10.3. The molecule has 0 unspecified atom stereocenters. The predicted molar refractivity (Wildman–Crippen MR) is 54.2 cm³/mol. The van der Waals surface area contributed by atoms with E-state index < -0.39 is 30.5 Å². The summed E-state index contributed by atoms with van der Waals surface area (Å²) in [5.74, 6) is -4.59. The van der Waals surface area contributed by atoms with E-state index in [0.717, 1.165) is 4.68 Å². The van der Waals surface area contributed by atoms with Crippen molar-refractivity contribution in [3.05, 3.63) is 24.5 Å². The average molecular weight is 242 g/mol. The zero-order valence-corrected chi connectivity index (χ0v) is 8.55. The molecule has 92 valence electrons. The monoisotopic (exact) mass is 242 g/mol. The predicted octanol–water partition coefficient (Wildman–Crippen LogP) is -0.951. The molecule has 1 heterocycles. The van der Waals surface area contributed by atoms with E-state index in [0.29, 0.717) is 5.01 Å². The molecule has 0 atom stereocenters. The number of aliphatic carboxylic acids is 3. The fourth-order valence-electron chi connectivity index (χ4n) is 1.30. The maximum atomic E-state index is 10.8. The zero-order chi connectivity index (χ0) is 13.0. The number of carbonyl (C=O) groups is 3. The topological polar surface area (TPSA) is 120 Å². The molecule has 0 amide bonds. The molecule has 8 heteroatoms. The number of rotatable bonds is 6. The van der Waals surface area contributed by atoms with Crippen LogP contribution in [0.25, 0.3) is 0 Å². The minimum absolute atomic E-state index is 0.715. The van der Waals surface area contributed by atoms with Gasteiger partial charge in [-0.25, -0.2) is 9.59 Å². The highest BCUT2D eigenvalue weighted by Crippen LogP contribution is 2.02. The number of carboxylic acids is 3. The molecule has 0 aromatic carbocycles. The summed E-state index contributed by atoms with van der Waals surface area (Å²) >= 11 is 0. The molecule has 1 rings (SSSR count). The number of hydrogen-bond donors (Lipinski definition) is 3. The van der Waals surface area contributed by atoms with Gasteiger partial charge in [0.15, 0.2) is 0 Å². The van der Waals surface area contributed by atoms with Crippen LogP contribution in [0.3, 0.4) is 0 Å². The molecule has 0 radical (unpaired) electrons. The van der Waals surface area contributed by atoms with E-state index in [1.54, 1.807) is 0 Å². The van der Waals surface area contributed by atoms with Crippen molar-refractivity contribution in [3.63, 3.8) is 0 Å². The Labute approximate surface area is 95.3 Å². The van der Waals surface area contributed by atoms with Crippen LogP contribution in [0.1, 0.15) is 0 Å². The molecule has 3 N–H and O–H groups in total. The van der Waals surface area contributed by atoms with Crippen molar-refractivity contribution in [2.75, 3.05) is 11.6 Å². The van der Waals surface area contributed by atoms with Gasteiger partial charge in [-0.3, -0.25) is 14.5 Å². The van der Waals surface area contributed by atoms with Crippen molar-refractivity contribution in [2.45, 2.75) is 6.04 Å². The van der Waals surface area contributed by atoms with E-state index >= 15 is 0 Å². The standard InChI is InChI=1S/C9H10N2O6/c12-6(13)5-11(10-3-1-2-4-10)7(8(14)15)9(16)17/h1-4,7H,5H2,(H,12,13)(H,14,15)(H,16,17). The SMILES string of the molecule is O=C(O)CN(C(C(=O)O)C(=O)O)n1cccc1. The summed E-state index contributed by atoms with van der Waals surface area (Å²) in [5, 5.41) is 27.0. The smallest absolute Gasteiger partial charge is 0.339 e. The molecule has 1 aromatic heterocycles. The highest BCUT2D eigenvalue weighted by Gasteiger charge is 2.34. The summed E-state index contributed by atoms with van der Waals surface area (Å²) in [6, 6.07) is 1.09. The Morgan fingerprint density at radius 3 is 1.88 bits per heavy atom. The molecule has 0 saturated heterocycles. The van der Waals surface area contributed by atoms with Gasteiger partial charge in [0.05, 0.1) is 0 Å². The quantitative estimate of drug-likeness (QED) is 0.550. The first kappa shape index (κ1) is 12.6. The Balaban J connectivity index is 3.08. The largest absolute Gasteiger partial charge is 0.480 e. The van der Waals surface area contributed by atoms with Crippen molar-refractivity contribution >= 4 is 17.9 Å². The van der Waals surface area contributed by atoms with Gasteiger partial charge in [0, 0.05) is 12.4 Å². The highest BCUT2D eigenvalue weighted by molar-refractivity contribution is 6.00. The van der Waals surface area contributed by atoms with Crippen LogP contribution in [-0.2, 0) is 14.4 Å². The van der Waals surface area contributed by atoms with Crippen molar-refractivity contribution in [3.8, 4) is 0 Å². The van der Waals surface area contributed by atoms with E-state index in [4.69, 9.17) is 15.3 Å². The first-order chi connectivity index (χ1) is 7.93. The van der Waals surface area contributed by atoms with Gasteiger partial charge < -0.3 is 15.3 Å². The second-order valence-electron chi connectivity index (χ2n) is 3.13. The second-order valence-corrected chi connectivity index (χ2v) is 3.13. The van der Waals surface area contributed by atoms with Crippen LogP contribution in [0.15, 0.2) is 24.5 Å². The molecule has 0 spiro atoms. The molecule has 0 aliphatic carbocycles. The molecule has 0 aliphatic rings. The van der Waals surface area contributed by atoms with E-state index in [2.05, 4.69) is 0 Å². The van der Waals surface area contributed by atoms with Gasteiger partial charge in [0.25, 0.3) is 0 Å². The molecule has 17 heavy (non-hydrogen) atoms. The molecule has 0 bridgehead atoms. The van der Waals surface area contributed by atoms with Crippen molar-refractivity contribution in [2.24, 2.45) is 0 Å². The van der Waals surface area contributed by atoms with Gasteiger partial charge in [0.2, 0.25) is 6.04 Å². The summed E-state index contributed by atoms with van der Waals surface area (Å²) in [4.78, 5) is 32.3. The second kappa shape index (κ2) is 5.01. The molecule has 0 saturated carbocycles. The van der Waals surface area contributed by atoms with E-state index in [1.165, 1.54) is 24.5 Å². The molecule has 1 aromatic rings. The Morgan fingerprint density at radius 1 is 1.06 bits per heavy atom. The van der Waals surface area contributed by atoms with E-state index in [9.17, 15) is 14.4 Å². The van der Waals surface area contributed by atoms with Crippen LogP contribution in [0.5, 0.6) is 0 Å². The molecule has 0 aliphatic heterocycles. The van der Waals surface area contributed by atoms with Crippen molar-refractivity contribution < 1.29 is 29.7 Å². The first-order valence-corrected chi connectivity index (χ1v) is 4.50. The van der Waals surface area contributed by atoms with E-state index in [1.807, 2.05) is 0 Å². The fraction of sp³-hybridized carbons (Fsp3) is 0.222. The Bertz CT molecular complexity index is 413.